The van der Waals surface area contributed by atoms with Crippen LogP contribution in [0, 0.1) is 0 Å². The van der Waals surface area contributed by atoms with Crippen LogP contribution in [-0.2, 0) is 27.0 Å². The molecular weight excluding hydrogens is 401 g/mol. The number of nitrogens with one attached hydrogen (secondary N) is 1. The first-order valence-electron chi connectivity index (χ1n) is 7.82. The number of para-hydroxylation sites is 2. The van der Waals surface area contributed by atoms with E-state index in [1.165, 1.54) is 6.33 Å². The van der Waals surface area contributed by atoms with Gasteiger partial charge in [0.2, 0.25) is 0 Å². The summed E-state index contributed by atoms with van der Waals surface area (Å²) in [5, 5.41) is 1.80. The molecule has 0 aliphatic rings. The van der Waals surface area contributed by atoms with Crippen LogP contribution in [0.1, 0.15) is 5.56 Å². The Morgan fingerprint density at radius 2 is 1.96 bits per heavy atom. The van der Waals surface area contributed by atoms with Gasteiger partial charge in [0.1, 0.15) is 6.54 Å². The highest BCUT2D eigenvalue weighted by Crippen LogP contribution is 2.32. The fraction of sp³-hybridized carbons (Fsp3) is 0.176. The Morgan fingerprint density at radius 3 is 2.68 bits per heavy atom. The van der Waals surface area contributed by atoms with E-state index in [-0.39, 0.29) is 17.4 Å². The van der Waals surface area contributed by atoms with E-state index >= 15 is 0 Å². The van der Waals surface area contributed by atoms with Crippen molar-refractivity contribution in [3.05, 3.63) is 53.4 Å². The van der Waals surface area contributed by atoms with Crippen LogP contribution in [0.5, 0.6) is 0 Å². The number of aromatic nitrogens is 3. The highest BCUT2D eigenvalue weighted by Gasteiger charge is 2.31. The van der Waals surface area contributed by atoms with Gasteiger partial charge in [-0.3, -0.25) is 9.59 Å². The van der Waals surface area contributed by atoms with Crippen molar-refractivity contribution in [2.75, 3.05) is 11.9 Å². The number of alkyl halides is 3. The number of ether oxygens (including phenoxy) is 1. The van der Waals surface area contributed by atoms with Gasteiger partial charge in [0.25, 0.3) is 5.91 Å². The van der Waals surface area contributed by atoms with Crippen LogP contribution >= 0.6 is 11.6 Å². The molecule has 0 saturated heterocycles. The Kier molecular flexibility index (Phi) is 5.50. The first kappa shape index (κ1) is 19.6. The number of fused-ring (bicyclic) bond motifs is 1. The molecule has 3 rings (SSSR count). The minimum Gasteiger partial charge on any atom is -0.454 e. The molecule has 0 spiro atoms. The van der Waals surface area contributed by atoms with Crippen molar-refractivity contribution in [3.8, 4) is 0 Å². The lowest BCUT2D eigenvalue weighted by Crippen LogP contribution is -2.23. The summed E-state index contributed by atoms with van der Waals surface area (Å²) in [6.45, 7) is -0.808. The Labute approximate surface area is 161 Å². The monoisotopic (exact) mass is 412 g/mol. The molecule has 0 aliphatic heterocycles. The van der Waals surface area contributed by atoms with Crippen LogP contribution in [0.4, 0.5) is 19.0 Å². The number of carbonyl (C=O) groups excluding carboxylic acids is 2. The molecule has 1 amide bonds. The van der Waals surface area contributed by atoms with E-state index in [1.807, 2.05) is 6.07 Å². The normalized spacial score (nSPS) is 11.4. The summed E-state index contributed by atoms with van der Waals surface area (Å²) in [6, 6.07) is 7.80. The predicted molar refractivity (Wildman–Crippen MR) is 93.6 cm³/mol. The zero-order valence-corrected chi connectivity index (χ0v) is 14.8. The predicted octanol–water partition coefficient (Wildman–Crippen LogP) is 3.29. The Bertz CT molecular complexity index is 1040. The highest BCUT2D eigenvalue weighted by atomic mass is 35.5. The van der Waals surface area contributed by atoms with E-state index in [2.05, 4.69) is 15.3 Å². The van der Waals surface area contributed by atoms with Crippen LogP contribution in [0.2, 0.25) is 5.02 Å². The molecule has 0 unspecified atom stereocenters. The second kappa shape index (κ2) is 7.85. The number of anilines is 1. The maximum absolute atomic E-state index is 12.6. The molecule has 7 nitrogen and oxygen atoms in total. The molecular formula is C17H12ClF3N4O3. The molecule has 0 saturated carbocycles. The summed E-state index contributed by atoms with van der Waals surface area (Å²) >= 11 is 5.70. The van der Waals surface area contributed by atoms with E-state index in [0.717, 1.165) is 5.52 Å². The first-order chi connectivity index (χ1) is 13.2. The number of benzene rings is 1. The topological polar surface area (TPSA) is 86.1 Å². The van der Waals surface area contributed by atoms with Gasteiger partial charge in [-0.2, -0.15) is 13.2 Å². The highest BCUT2D eigenvalue weighted by molar-refractivity contribution is 6.33. The van der Waals surface area contributed by atoms with Gasteiger partial charge in [-0.1, -0.05) is 23.7 Å². The third-order valence-corrected chi connectivity index (χ3v) is 3.91. The number of rotatable bonds is 5. The third-order valence-electron chi connectivity index (χ3n) is 3.62. The number of nitrogens with zero attached hydrogens (tertiary/aromatic N) is 3. The molecule has 2 heterocycles. The van der Waals surface area contributed by atoms with Crippen LogP contribution < -0.4 is 5.32 Å². The van der Waals surface area contributed by atoms with Gasteiger partial charge in [-0.05, 0) is 18.2 Å². The van der Waals surface area contributed by atoms with Crippen LogP contribution in [0.15, 0.2) is 42.9 Å². The first-order valence-corrected chi connectivity index (χ1v) is 8.20. The smallest absolute Gasteiger partial charge is 0.417 e. The lowest BCUT2D eigenvalue weighted by Gasteiger charge is -2.10. The molecule has 0 atom stereocenters. The van der Waals surface area contributed by atoms with E-state index in [4.69, 9.17) is 16.3 Å². The van der Waals surface area contributed by atoms with Gasteiger partial charge in [0.05, 0.1) is 27.9 Å². The average Bonchev–Trinajstić information content (AvgIpc) is 3.04. The zero-order valence-electron chi connectivity index (χ0n) is 14.0. The van der Waals surface area contributed by atoms with Crippen molar-refractivity contribution in [1.29, 1.82) is 0 Å². The van der Waals surface area contributed by atoms with Gasteiger partial charge in [0, 0.05) is 6.20 Å². The standard InChI is InChI=1S/C17H12ClF3N4O3/c18-11-5-10(17(19,20)21)6-22-16(11)24-14(26)8-28-15(27)7-25-9-23-12-3-1-2-4-13(12)25/h1-6,9H,7-8H2,(H,22,24,26). The maximum Gasteiger partial charge on any atom is 0.417 e. The van der Waals surface area contributed by atoms with Crippen LogP contribution in [0.3, 0.4) is 0 Å². The van der Waals surface area contributed by atoms with Crippen LogP contribution in [-0.4, -0.2) is 33.0 Å². The SMILES string of the molecule is O=C(COC(=O)Cn1cnc2ccccc21)Nc1ncc(C(F)(F)F)cc1Cl. The molecule has 0 fully saturated rings. The fourth-order valence-electron chi connectivity index (χ4n) is 2.32. The van der Waals surface area contributed by atoms with Gasteiger partial charge in [-0.25, -0.2) is 9.97 Å². The summed E-state index contributed by atoms with van der Waals surface area (Å²) in [5.41, 5.74) is 0.384. The van der Waals surface area contributed by atoms with Gasteiger partial charge in [0.15, 0.2) is 12.4 Å². The number of halogens is 4. The Hall–Kier alpha value is -3.14. The van der Waals surface area contributed by atoms with Crippen LogP contribution in [0.25, 0.3) is 11.0 Å². The van der Waals surface area contributed by atoms with Crippen molar-refractivity contribution < 1.29 is 27.5 Å². The van der Waals surface area contributed by atoms with E-state index in [1.54, 1.807) is 22.8 Å². The van der Waals surface area contributed by atoms with E-state index in [0.29, 0.717) is 17.8 Å². The minimum atomic E-state index is -4.60. The molecule has 0 aliphatic carbocycles. The number of hydrogen-bond acceptors (Lipinski definition) is 5. The molecule has 2 aromatic heterocycles. The van der Waals surface area contributed by atoms with Crippen molar-refractivity contribution in [3.63, 3.8) is 0 Å². The second-order valence-corrected chi connectivity index (χ2v) is 6.03. The minimum absolute atomic E-state index is 0.160. The quantitative estimate of drug-likeness (QED) is 0.650. The third kappa shape index (κ3) is 4.58. The number of pyridine rings is 1. The Balaban J connectivity index is 1.55. The van der Waals surface area contributed by atoms with Gasteiger partial charge < -0.3 is 14.6 Å². The summed E-state index contributed by atoms with van der Waals surface area (Å²) in [6.07, 6.45) is -2.60. The van der Waals surface area contributed by atoms with Crippen molar-refractivity contribution in [1.82, 2.24) is 14.5 Å². The van der Waals surface area contributed by atoms with E-state index < -0.39 is 30.2 Å². The van der Waals surface area contributed by atoms with Gasteiger partial charge in [-0.15, -0.1) is 0 Å². The van der Waals surface area contributed by atoms with E-state index in [9.17, 15) is 22.8 Å². The number of esters is 1. The average molecular weight is 413 g/mol. The molecule has 1 aromatic carbocycles. The Morgan fingerprint density at radius 1 is 1.21 bits per heavy atom. The lowest BCUT2D eigenvalue weighted by atomic mass is 10.3. The summed E-state index contributed by atoms with van der Waals surface area (Å²) in [4.78, 5) is 31.4. The zero-order chi connectivity index (χ0) is 20.3. The number of hydrogen-bond donors (Lipinski definition) is 1. The molecule has 28 heavy (non-hydrogen) atoms. The summed E-state index contributed by atoms with van der Waals surface area (Å²) in [5.74, 6) is -1.75. The summed E-state index contributed by atoms with van der Waals surface area (Å²) in [7, 11) is 0. The molecule has 146 valence electrons. The lowest BCUT2D eigenvalue weighted by molar-refractivity contribution is -0.147. The second-order valence-electron chi connectivity index (χ2n) is 5.62. The molecule has 0 radical (unpaired) electrons. The van der Waals surface area contributed by atoms with Gasteiger partial charge >= 0.3 is 12.1 Å². The molecule has 0 bridgehead atoms. The molecule has 11 heteroatoms. The number of carbonyl (C=O) groups is 2. The summed E-state index contributed by atoms with van der Waals surface area (Å²) < 4.78 is 44.1. The maximum atomic E-state index is 12.6. The molecule has 1 N–H and O–H groups in total. The van der Waals surface area contributed by atoms with Crippen molar-refractivity contribution >= 4 is 40.3 Å². The fourth-order valence-corrected chi connectivity index (χ4v) is 2.53. The largest absolute Gasteiger partial charge is 0.454 e. The number of amides is 1. The van der Waals surface area contributed by atoms with Crippen molar-refractivity contribution in [2.24, 2.45) is 0 Å². The molecule has 3 aromatic rings. The van der Waals surface area contributed by atoms with Crippen molar-refractivity contribution in [2.45, 2.75) is 12.7 Å². The number of imidazole rings is 1.